The first-order valence-corrected chi connectivity index (χ1v) is 13.1. The second-order valence-electron chi connectivity index (χ2n) is 12.6. The molecule has 1 aliphatic heterocycles. The summed E-state index contributed by atoms with van der Waals surface area (Å²) in [5.74, 6) is 5.04. The minimum atomic E-state index is -0.250. The topological polar surface area (TPSA) is 49.3 Å². The van der Waals surface area contributed by atoms with Gasteiger partial charge in [0.25, 0.3) is 0 Å². The van der Waals surface area contributed by atoms with Gasteiger partial charge in [0, 0.05) is 18.9 Å². The molecule has 1 heterocycles. The molecule has 0 spiro atoms. The van der Waals surface area contributed by atoms with Crippen molar-refractivity contribution >= 4 is 5.91 Å². The van der Waals surface area contributed by atoms with Crippen molar-refractivity contribution in [2.24, 2.45) is 52.3 Å². The molecule has 0 aromatic rings. The van der Waals surface area contributed by atoms with Crippen LogP contribution in [0.1, 0.15) is 98.8 Å². The first kappa shape index (κ1) is 22.6. The third kappa shape index (κ3) is 3.76. The van der Waals surface area contributed by atoms with E-state index in [0.717, 1.165) is 36.5 Å². The third-order valence-electron chi connectivity index (χ3n) is 10.7. The molecule has 1 amide bonds. The first-order chi connectivity index (χ1) is 14.2. The number of rotatable bonds is 5. The van der Waals surface area contributed by atoms with E-state index in [0.29, 0.717) is 30.2 Å². The SMILES string of the molecule is CC(C)CCC[C@@H](C)[C@H]1CC[C@H]2[C@@H]3CC(O)C4CNC(=O)CC[C@]4(C)[C@H]3CC[C@]12C. The monoisotopic (exact) mass is 417 g/mol. The third-order valence-corrected chi connectivity index (χ3v) is 10.7. The van der Waals surface area contributed by atoms with Crippen molar-refractivity contribution in [1.82, 2.24) is 5.32 Å². The van der Waals surface area contributed by atoms with Gasteiger partial charge >= 0.3 is 0 Å². The number of fused-ring (bicyclic) bond motifs is 5. The predicted molar refractivity (Wildman–Crippen MR) is 123 cm³/mol. The Morgan fingerprint density at radius 2 is 1.73 bits per heavy atom. The van der Waals surface area contributed by atoms with Gasteiger partial charge in [-0.3, -0.25) is 4.79 Å². The Balaban J connectivity index is 1.51. The number of hydrogen-bond donors (Lipinski definition) is 2. The summed E-state index contributed by atoms with van der Waals surface area (Å²) in [5.41, 5.74) is 0.573. The largest absolute Gasteiger partial charge is 0.393 e. The summed E-state index contributed by atoms with van der Waals surface area (Å²) in [7, 11) is 0. The second-order valence-corrected chi connectivity index (χ2v) is 12.6. The summed E-state index contributed by atoms with van der Waals surface area (Å²) >= 11 is 0. The molecule has 3 heteroatoms. The Bertz CT molecular complexity index is 632. The van der Waals surface area contributed by atoms with E-state index in [1.54, 1.807) is 0 Å². The summed E-state index contributed by atoms with van der Waals surface area (Å²) in [6.45, 7) is 12.9. The maximum absolute atomic E-state index is 12.1. The lowest BCUT2D eigenvalue weighted by atomic mass is 9.45. The van der Waals surface area contributed by atoms with Gasteiger partial charge in [0.1, 0.15) is 0 Å². The van der Waals surface area contributed by atoms with Crippen LogP contribution in [0.15, 0.2) is 0 Å². The van der Waals surface area contributed by atoms with E-state index in [-0.39, 0.29) is 23.3 Å². The van der Waals surface area contributed by atoms with Crippen LogP contribution in [0.2, 0.25) is 0 Å². The van der Waals surface area contributed by atoms with Crippen molar-refractivity contribution in [2.75, 3.05) is 6.54 Å². The molecule has 3 aliphatic carbocycles. The number of aliphatic hydroxyl groups is 1. The smallest absolute Gasteiger partial charge is 0.220 e. The van der Waals surface area contributed by atoms with Crippen molar-refractivity contribution in [3.05, 3.63) is 0 Å². The van der Waals surface area contributed by atoms with E-state index in [1.807, 2.05) is 0 Å². The zero-order valence-corrected chi connectivity index (χ0v) is 20.3. The molecule has 1 saturated heterocycles. The van der Waals surface area contributed by atoms with Crippen molar-refractivity contribution < 1.29 is 9.90 Å². The summed E-state index contributed by atoms with van der Waals surface area (Å²) in [6, 6.07) is 0. The number of carbonyl (C=O) groups excluding carboxylic acids is 1. The minimum Gasteiger partial charge on any atom is -0.393 e. The van der Waals surface area contributed by atoms with Crippen LogP contribution in [0.3, 0.4) is 0 Å². The number of aliphatic hydroxyl groups excluding tert-OH is 1. The van der Waals surface area contributed by atoms with E-state index in [9.17, 15) is 9.90 Å². The van der Waals surface area contributed by atoms with Crippen LogP contribution in [-0.4, -0.2) is 23.7 Å². The lowest BCUT2D eigenvalue weighted by Gasteiger charge is -2.60. The fraction of sp³-hybridized carbons (Fsp3) is 0.963. The Kier molecular flexibility index (Phi) is 6.34. The highest BCUT2D eigenvalue weighted by Gasteiger charge is 2.61. The van der Waals surface area contributed by atoms with Gasteiger partial charge in [0.05, 0.1) is 6.10 Å². The number of carbonyl (C=O) groups is 1. The van der Waals surface area contributed by atoms with Crippen LogP contribution in [0.25, 0.3) is 0 Å². The standard InChI is InChI=1S/C27H47NO2/c1-17(2)7-6-8-18(3)20-9-10-21-19-15-24(29)23-16-28-25(30)12-14-27(23,5)22(19)11-13-26(20,21)4/h17-24,29H,6-16H2,1-5H3,(H,28,30)/t18-,19+,20-,21+,22+,23?,24?,26-,27-/m1/s1. The van der Waals surface area contributed by atoms with Crippen molar-refractivity contribution in [1.29, 1.82) is 0 Å². The van der Waals surface area contributed by atoms with Crippen LogP contribution >= 0.6 is 0 Å². The normalized spacial score (nSPS) is 47.1. The van der Waals surface area contributed by atoms with Crippen molar-refractivity contribution in [3.8, 4) is 0 Å². The molecule has 172 valence electrons. The molecule has 4 rings (SSSR count). The van der Waals surface area contributed by atoms with Gasteiger partial charge in [-0.05, 0) is 84.9 Å². The molecule has 0 aromatic heterocycles. The molecular weight excluding hydrogens is 370 g/mol. The maximum Gasteiger partial charge on any atom is 0.220 e. The summed E-state index contributed by atoms with van der Waals surface area (Å²) in [6.07, 6.45) is 11.9. The Hall–Kier alpha value is -0.570. The fourth-order valence-electron chi connectivity index (χ4n) is 9.05. The summed E-state index contributed by atoms with van der Waals surface area (Å²) in [4.78, 5) is 12.1. The van der Waals surface area contributed by atoms with Crippen LogP contribution < -0.4 is 5.32 Å². The van der Waals surface area contributed by atoms with Crippen molar-refractivity contribution in [2.45, 2.75) is 105 Å². The molecule has 30 heavy (non-hydrogen) atoms. The lowest BCUT2D eigenvalue weighted by molar-refractivity contribution is -0.144. The number of nitrogens with one attached hydrogen (secondary N) is 1. The van der Waals surface area contributed by atoms with Gasteiger partial charge in [-0.2, -0.15) is 0 Å². The van der Waals surface area contributed by atoms with Crippen LogP contribution in [0.5, 0.6) is 0 Å². The van der Waals surface area contributed by atoms with Crippen LogP contribution in [0.4, 0.5) is 0 Å². The van der Waals surface area contributed by atoms with Gasteiger partial charge in [0.15, 0.2) is 0 Å². The Morgan fingerprint density at radius 3 is 2.47 bits per heavy atom. The highest BCUT2D eigenvalue weighted by atomic mass is 16.3. The van der Waals surface area contributed by atoms with E-state index >= 15 is 0 Å². The van der Waals surface area contributed by atoms with Crippen molar-refractivity contribution in [3.63, 3.8) is 0 Å². The summed E-state index contributed by atoms with van der Waals surface area (Å²) in [5, 5.41) is 14.3. The van der Waals surface area contributed by atoms with Crippen LogP contribution in [-0.2, 0) is 4.79 Å². The molecular formula is C27H47NO2. The van der Waals surface area contributed by atoms with Gasteiger partial charge in [0.2, 0.25) is 5.91 Å². The van der Waals surface area contributed by atoms with E-state index in [4.69, 9.17) is 0 Å². The van der Waals surface area contributed by atoms with E-state index < -0.39 is 0 Å². The average molecular weight is 418 g/mol. The highest BCUT2D eigenvalue weighted by molar-refractivity contribution is 5.76. The van der Waals surface area contributed by atoms with Gasteiger partial charge in [-0.1, -0.05) is 53.9 Å². The number of amides is 1. The summed E-state index contributed by atoms with van der Waals surface area (Å²) < 4.78 is 0. The van der Waals surface area contributed by atoms with E-state index in [1.165, 1.54) is 44.9 Å². The molecule has 3 nitrogen and oxygen atoms in total. The average Bonchev–Trinajstić information content (AvgIpc) is 2.94. The predicted octanol–water partition coefficient (Wildman–Crippen LogP) is 5.80. The fourth-order valence-corrected chi connectivity index (χ4v) is 9.05. The Labute approximate surface area is 185 Å². The van der Waals surface area contributed by atoms with E-state index in [2.05, 4.69) is 39.9 Å². The Morgan fingerprint density at radius 1 is 1.00 bits per heavy atom. The second kappa shape index (κ2) is 8.41. The number of hydrogen-bond acceptors (Lipinski definition) is 2. The molecule has 0 radical (unpaired) electrons. The molecule has 3 saturated carbocycles. The molecule has 4 fully saturated rings. The molecule has 2 N–H and O–H groups in total. The van der Waals surface area contributed by atoms with Gasteiger partial charge in [-0.25, -0.2) is 0 Å². The highest BCUT2D eigenvalue weighted by Crippen LogP contribution is 2.67. The molecule has 0 bridgehead atoms. The zero-order valence-electron chi connectivity index (χ0n) is 20.3. The molecule has 9 atom stereocenters. The van der Waals surface area contributed by atoms with Crippen LogP contribution in [0, 0.1) is 52.3 Å². The maximum atomic E-state index is 12.1. The zero-order chi connectivity index (χ0) is 21.7. The van der Waals surface area contributed by atoms with Gasteiger partial charge < -0.3 is 10.4 Å². The molecule has 4 aliphatic rings. The first-order valence-electron chi connectivity index (χ1n) is 13.1. The quantitative estimate of drug-likeness (QED) is 0.593. The molecule has 0 aromatic carbocycles. The molecule has 2 unspecified atom stereocenters. The lowest BCUT2D eigenvalue weighted by Crippen LogP contribution is -2.57. The minimum absolute atomic E-state index is 0.115. The van der Waals surface area contributed by atoms with Gasteiger partial charge in [-0.15, -0.1) is 0 Å².